The van der Waals surface area contributed by atoms with Gasteiger partial charge < -0.3 is 15.0 Å². The SMILES string of the molecule is CNC1CC2C3CCC2C2(C1=Cn1cc(C(=O)O)nc12)C1C2CCC2C31. The summed E-state index contributed by atoms with van der Waals surface area (Å²) < 4.78 is 2.09. The van der Waals surface area contributed by atoms with Crippen LogP contribution in [-0.4, -0.2) is 33.7 Å². The maximum Gasteiger partial charge on any atom is 0.356 e. The Kier molecular flexibility index (Phi) is 2.37. The standard InChI is InChI=1S/C21H25N3O2/c1-22-15-6-12-10-4-5-13(12)21(18-11-3-2-9(11)17(10)18)14(15)7-24-8-16(19(25)26)23-20(21)24/h7-13,15,17-18,22H,2-6H2,1H3,(H,25,26). The van der Waals surface area contributed by atoms with Crippen LogP contribution in [0, 0.1) is 41.4 Å². The summed E-state index contributed by atoms with van der Waals surface area (Å²) in [5, 5.41) is 13.1. The normalized spacial score (nSPS) is 51.3. The Morgan fingerprint density at radius 1 is 1.23 bits per heavy atom. The number of carboxylic acid groups (broad SMARTS) is 1. The Bertz CT molecular complexity index is 888. The first-order valence-electron chi connectivity index (χ1n) is 10.4. The van der Waals surface area contributed by atoms with Crippen molar-refractivity contribution in [3.63, 3.8) is 0 Å². The van der Waals surface area contributed by atoms with Crippen LogP contribution in [0.2, 0.25) is 0 Å². The van der Waals surface area contributed by atoms with Crippen molar-refractivity contribution in [3.05, 3.63) is 23.3 Å². The largest absolute Gasteiger partial charge is 0.476 e. The Morgan fingerprint density at radius 2 is 2.00 bits per heavy atom. The van der Waals surface area contributed by atoms with E-state index in [0.29, 0.717) is 17.9 Å². The molecular formula is C21H25N3O2. The highest BCUT2D eigenvalue weighted by molar-refractivity contribution is 5.85. The van der Waals surface area contributed by atoms with Crippen LogP contribution in [0.15, 0.2) is 11.8 Å². The Balaban J connectivity index is 1.51. The van der Waals surface area contributed by atoms with Gasteiger partial charge in [0.25, 0.3) is 0 Å². The molecule has 0 amide bonds. The molecule has 1 aliphatic heterocycles. The minimum Gasteiger partial charge on any atom is -0.476 e. The maximum atomic E-state index is 11.6. The molecule has 0 saturated heterocycles. The third-order valence-electron chi connectivity index (χ3n) is 9.55. The summed E-state index contributed by atoms with van der Waals surface area (Å²) in [4.78, 5) is 16.4. The monoisotopic (exact) mass is 351 g/mol. The van der Waals surface area contributed by atoms with Crippen LogP contribution in [0.3, 0.4) is 0 Å². The van der Waals surface area contributed by atoms with E-state index in [-0.39, 0.29) is 11.1 Å². The molecule has 1 spiro atoms. The first kappa shape index (κ1) is 14.4. The Labute approximate surface area is 152 Å². The minimum absolute atomic E-state index is 0.0174. The van der Waals surface area contributed by atoms with Crippen LogP contribution in [0.5, 0.6) is 0 Å². The number of likely N-dealkylation sites (N-methyl/N-ethyl adjacent to an activating group) is 1. The first-order chi connectivity index (χ1) is 12.7. The summed E-state index contributed by atoms with van der Waals surface area (Å²) >= 11 is 0. The predicted octanol–water partition coefficient (Wildman–Crippen LogP) is 2.59. The van der Waals surface area contributed by atoms with Gasteiger partial charge in [0, 0.05) is 18.4 Å². The van der Waals surface area contributed by atoms with Gasteiger partial charge in [0.2, 0.25) is 0 Å². The first-order valence-corrected chi connectivity index (χ1v) is 10.4. The molecule has 5 fully saturated rings. The van der Waals surface area contributed by atoms with Crippen LogP contribution in [-0.2, 0) is 5.41 Å². The number of aromatic nitrogens is 2. The molecule has 9 unspecified atom stereocenters. The highest BCUT2D eigenvalue weighted by Crippen LogP contribution is 2.79. The fourth-order valence-corrected chi connectivity index (χ4v) is 8.89. The summed E-state index contributed by atoms with van der Waals surface area (Å²) in [5.74, 6) is 5.96. The number of aromatic carboxylic acids is 1. The van der Waals surface area contributed by atoms with Crippen LogP contribution >= 0.6 is 0 Å². The molecule has 0 aromatic carbocycles. The van der Waals surface area contributed by atoms with Gasteiger partial charge in [-0.2, -0.15) is 0 Å². The topological polar surface area (TPSA) is 67.2 Å². The van der Waals surface area contributed by atoms with Crippen molar-refractivity contribution in [2.75, 3.05) is 7.05 Å². The average molecular weight is 351 g/mol. The van der Waals surface area contributed by atoms with Gasteiger partial charge in [-0.25, -0.2) is 9.78 Å². The molecule has 9 atom stereocenters. The molecule has 2 N–H and O–H groups in total. The van der Waals surface area contributed by atoms with Gasteiger partial charge >= 0.3 is 5.97 Å². The molecule has 1 aromatic rings. The molecule has 136 valence electrons. The zero-order valence-corrected chi connectivity index (χ0v) is 15.1. The van der Waals surface area contributed by atoms with E-state index < -0.39 is 5.97 Å². The molecule has 2 heterocycles. The van der Waals surface area contributed by atoms with E-state index in [1.807, 2.05) is 0 Å². The van der Waals surface area contributed by atoms with Crippen molar-refractivity contribution in [1.29, 1.82) is 0 Å². The summed E-state index contributed by atoms with van der Waals surface area (Å²) in [5.41, 5.74) is 1.76. The maximum absolute atomic E-state index is 11.6. The fraction of sp³-hybridized carbons (Fsp3) is 0.714. The number of carboxylic acids is 1. The molecular weight excluding hydrogens is 326 g/mol. The van der Waals surface area contributed by atoms with E-state index in [2.05, 4.69) is 23.1 Å². The number of hydrogen-bond donors (Lipinski definition) is 2. The molecule has 1 aromatic heterocycles. The van der Waals surface area contributed by atoms with Gasteiger partial charge in [0.05, 0.1) is 5.41 Å². The summed E-state index contributed by atoms with van der Waals surface area (Å²) in [7, 11) is 2.09. The minimum atomic E-state index is -0.900. The summed E-state index contributed by atoms with van der Waals surface area (Å²) in [6.07, 6.45) is 10.8. The van der Waals surface area contributed by atoms with Crippen molar-refractivity contribution in [3.8, 4) is 0 Å². The van der Waals surface area contributed by atoms with Crippen molar-refractivity contribution in [1.82, 2.24) is 14.9 Å². The number of hydrogen-bond acceptors (Lipinski definition) is 3. The van der Waals surface area contributed by atoms with Gasteiger partial charge in [-0.3, -0.25) is 0 Å². The molecule has 26 heavy (non-hydrogen) atoms. The Hall–Kier alpha value is -1.62. The van der Waals surface area contributed by atoms with E-state index in [0.717, 1.165) is 35.4 Å². The zero-order chi connectivity index (χ0) is 17.4. The molecule has 7 rings (SSSR count). The highest BCUT2D eigenvalue weighted by Gasteiger charge is 2.77. The van der Waals surface area contributed by atoms with Crippen molar-refractivity contribution >= 4 is 12.2 Å². The van der Waals surface area contributed by atoms with E-state index >= 15 is 0 Å². The smallest absolute Gasteiger partial charge is 0.356 e. The number of fused-ring (bicyclic) bond motifs is 6. The fourth-order valence-electron chi connectivity index (χ4n) is 8.89. The molecule has 5 aliphatic carbocycles. The van der Waals surface area contributed by atoms with Gasteiger partial charge in [-0.1, -0.05) is 0 Å². The lowest BCUT2D eigenvalue weighted by molar-refractivity contribution is -0.208. The van der Waals surface area contributed by atoms with Gasteiger partial charge in [0.1, 0.15) is 5.82 Å². The number of rotatable bonds is 2. The summed E-state index contributed by atoms with van der Waals surface area (Å²) in [6.45, 7) is 0. The third-order valence-corrected chi connectivity index (χ3v) is 9.55. The van der Waals surface area contributed by atoms with Crippen molar-refractivity contribution in [2.45, 2.75) is 43.6 Å². The van der Waals surface area contributed by atoms with Gasteiger partial charge in [-0.15, -0.1) is 0 Å². The van der Waals surface area contributed by atoms with Crippen molar-refractivity contribution in [2.24, 2.45) is 41.4 Å². The molecule has 4 bridgehead atoms. The average Bonchev–Trinajstić information content (AvgIpc) is 3.24. The van der Waals surface area contributed by atoms with E-state index in [4.69, 9.17) is 4.98 Å². The number of nitrogens with zero attached hydrogens (tertiary/aromatic N) is 2. The quantitative estimate of drug-likeness (QED) is 0.859. The number of imidazole rings is 1. The van der Waals surface area contributed by atoms with E-state index in [1.165, 1.54) is 37.7 Å². The molecule has 5 nitrogen and oxygen atoms in total. The number of nitrogens with one attached hydrogen (secondary N) is 1. The second kappa shape index (κ2) is 4.27. The molecule has 5 heteroatoms. The lowest BCUT2D eigenvalue weighted by Gasteiger charge is -2.72. The van der Waals surface area contributed by atoms with E-state index in [1.54, 1.807) is 6.20 Å². The van der Waals surface area contributed by atoms with Gasteiger partial charge in [-0.05, 0) is 86.2 Å². The third kappa shape index (κ3) is 1.25. The lowest BCUT2D eigenvalue weighted by Crippen LogP contribution is -2.71. The lowest BCUT2D eigenvalue weighted by atomic mass is 9.31. The van der Waals surface area contributed by atoms with Crippen LogP contribution in [0.4, 0.5) is 0 Å². The highest BCUT2D eigenvalue weighted by atomic mass is 16.4. The summed E-state index contributed by atoms with van der Waals surface area (Å²) in [6, 6.07) is 0.423. The van der Waals surface area contributed by atoms with E-state index in [9.17, 15) is 9.90 Å². The second-order valence-electron chi connectivity index (χ2n) is 9.71. The predicted molar refractivity (Wildman–Crippen MR) is 95.5 cm³/mol. The van der Waals surface area contributed by atoms with Crippen LogP contribution in [0.25, 0.3) is 6.20 Å². The van der Waals surface area contributed by atoms with Gasteiger partial charge in [0.15, 0.2) is 5.69 Å². The Morgan fingerprint density at radius 3 is 2.73 bits per heavy atom. The van der Waals surface area contributed by atoms with Crippen molar-refractivity contribution < 1.29 is 9.90 Å². The zero-order valence-electron chi connectivity index (χ0n) is 15.1. The van der Waals surface area contributed by atoms with Crippen LogP contribution in [0.1, 0.15) is 48.4 Å². The van der Waals surface area contributed by atoms with Crippen LogP contribution < -0.4 is 5.32 Å². The molecule has 5 saturated carbocycles. The molecule has 0 radical (unpaired) electrons. The number of carbonyl (C=O) groups is 1. The molecule has 6 aliphatic rings. The second-order valence-corrected chi connectivity index (χ2v) is 9.71.